The van der Waals surface area contributed by atoms with Crippen molar-refractivity contribution in [1.29, 1.82) is 0 Å². The van der Waals surface area contributed by atoms with Gasteiger partial charge in [0.05, 0.1) is 17.8 Å². The van der Waals surface area contributed by atoms with Crippen LogP contribution in [0.15, 0.2) is 42.2 Å². The molecule has 0 aromatic carbocycles. The van der Waals surface area contributed by atoms with Crippen LogP contribution in [-0.4, -0.2) is 14.6 Å². The molecular formula is C13H14N4S. The third kappa shape index (κ3) is 2.14. The minimum Gasteiger partial charge on any atom is -0.304 e. The van der Waals surface area contributed by atoms with Gasteiger partial charge >= 0.3 is 0 Å². The van der Waals surface area contributed by atoms with E-state index in [1.807, 2.05) is 40.6 Å². The lowest BCUT2D eigenvalue weighted by atomic mass is 10.2. The normalized spacial score (nSPS) is 12.9. The molecule has 0 bridgehead atoms. The van der Waals surface area contributed by atoms with Crippen molar-refractivity contribution in [3.05, 3.63) is 52.7 Å². The highest BCUT2D eigenvalue weighted by atomic mass is 32.1. The average molecular weight is 258 g/mol. The van der Waals surface area contributed by atoms with Gasteiger partial charge in [-0.15, -0.1) is 11.3 Å². The van der Waals surface area contributed by atoms with Gasteiger partial charge in [-0.3, -0.25) is 0 Å². The van der Waals surface area contributed by atoms with Crippen molar-refractivity contribution in [2.24, 2.45) is 0 Å². The Morgan fingerprint density at radius 2 is 2.39 bits per heavy atom. The lowest BCUT2D eigenvalue weighted by Gasteiger charge is -2.10. The smallest absolute Gasteiger partial charge is 0.109 e. The fourth-order valence-corrected chi connectivity index (χ4v) is 2.59. The molecule has 0 radical (unpaired) electrons. The second-order valence-corrected chi connectivity index (χ2v) is 5.10. The summed E-state index contributed by atoms with van der Waals surface area (Å²) < 4.78 is 1.89. The summed E-state index contributed by atoms with van der Waals surface area (Å²) in [6.45, 7) is 2.93. The van der Waals surface area contributed by atoms with Crippen molar-refractivity contribution in [1.82, 2.24) is 19.9 Å². The molecule has 0 aliphatic carbocycles. The summed E-state index contributed by atoms with van der Waals surface area (Å²) in [6, 6.07) is 6.36. The molecule has 3 heterocycles. The summed E-state index contributed by atoms with van der Waals surface area (Å²) in [7, 11) is 0. The number of pyridine rings is 1. The van der Waals surface area contributed by atoms with E-state index in [1.54, 1.807) is 11.3 Å². The standard InChI is InChI=1S/C13H14N4S/c1-10(13-14-5-7-18-13)15-8-11-9-16-17-6-3-2-4-12(11)17/h2-7,9-10,15H,8H2,1H3. The van der Waals surface area contributed by atoms with Crippen molar-refractivity contribution in [2.75, 3.05) is 0 Å². The fraction of sp³-hybridized carbons (Fsp3) is 0.231. The summed E-state index contributed by atoms with van der Waals surface area (Å²) in [4.78, 5) is 4.31. The molecule has 4 nitrogen and oxygen atoms in total. The van der Waals surface area contributed by atoms with Gasteiger partial charge in [-0.2, -0.15) is 5.10 Å². The van der Waals surface area contributed by atoms with Crippen LogP contribution >= 0.6 is 11.3 Å². The first-order chi connectivity index (χ1) is 8.84. The Labute approximate surface area is 109 Å². The molecule has 0 fully saturated rings. The largest absolute Gasteiger partial charge is 0.304 e. The number of hydrogen-bond acceptors (Lipinski definition) is 4. The predicted molar refractivity (Wildman–Crippen MR) is 72.6 cm³/mol. The molecule has 0 amide bonds. The van der Waals surface area contributed by atoms with Crippen LogP contribution in [-0.2, 0) is 6.54 Å². The number of nitrogens with one attached hydrogen (secondary N) is 1. The van der Waals surface area contributed by atoms with Crippen LogP contribution in [0.25, 0.3) is 5.52 Å². The average Bonchev–Trinajstić information content (AvgIpc) is 3.06. The lowest BCUT2D eigenvalue weighted by molar-refractivity contribution is 0.573. The Hall–Kier alpha value is -1.72. The van der Waals surface area contributed by atoms with E-state index >= 15 is 0 Å². The Balaban J connectivity index is 1.73. The predicted octanol–water partition coefficient (Wildman–Crippen LogP) is 2.64. The van der Waals surface area contributed by atoms with Crippen LogP contribution < -0.4 is 5.32 Å². The first-order valence-electron chi connectivity index (χ1n) is 5.88. The van der Waals surface area contributed by atoms with Gasteiger partial charge in [0.15, 0.2) is 0 Å². The van der Waals surface area contributed by atoms with E-state index in [1.165, 1.54) is 5.56 Å². The van der Waals surface area contributed by atoms with Gasteiger partial charge in [-0.1, -0.05) is 6.07 Å². The molecule has 0 saturated carbocycles. The van der Waals surface area contributed by atoms with Gasteiger partial charge < -0.3 is 5.32 Å². The van der Waals surface area contributed by atoms with Crippen molar-refractivity contribution in [2.45, 2.75) is 19.5 Å². The molecule has 0 aliphatic heterocycles. The topological polar surface area (TPSA) is 42.2 Å². The molecule has 1 atom stereocenters. The molecule has 3 aromatic rings. The van der Waals surface area contributed by atoms with Crippen molar-refractivity contribution in [3.63, 3.8) is 0 Å². The second kappa shape index (κ2) is 4.88. The number of nitrogens with zero attached hydrogens (tertiary/aromatic N) is 3. The number of thiazole rings is 1. The first kappa shape index (κ1) is 11.4. The number of aromatic nitrogens is 3. The van der Waals surface area contributed by atoms with Crippen molar-refractivity contribution < 1.29 is 0 Å². The monoisotopic (exact) mass is 258 g/mol. The van der Waals surface area contributed by atoms with E-state index in [0.717, 1.165) is 17.1 Å². The highest BCUT2D eigenvalue weighted by molar-refractivity contribution is 7.09. The summed E-state index contributed by atoms with van der Waals surface area (Å²) in [6.07, 6.45) is 5.72. The molecule has 0 aliphatic rings. The summed E-state index contributed by atoms with van der Waals surface area (Å²) >= 11 is 1.68. The molecule has 3 rings (SSSR count). The van der Waals surface area contributed by atoms with Crippen molar-refractivity contribution in [3.8, 4) is 0 Å². The summed E-state index contributed by atoms with van der Waals surface area (Å²) in [5, 5.41) is 10.9. The Morgan fingerprint density at radius 1 is 1.44 bits per heavy atom. The molecule has 0 spiro atoms. The van der Waals surface area contributed by atoms with Crippen LogP contribution in [0.1, 0.15) is 23.5 Å². The number of hydrogen-bond donors (Lipinski definition) is 1. The SMILES string of the molecule is CC(NCc1cnn2ccccc12)c1nccs1. The minimum atomic E-state index is 0.267. The highest BCUT2D eigenvalue weighted by Crippen LogP contribution is 2.16. The highest BCUT2D eigenvalue weighted by Gasteiger charge is 2.09. The van der Waals surface area contributed by atoms with Crippen LogP contribution in [0, 0.1) is 0 Å². The molecule has 1 unspecified atom stereocenters. The minimum absolute atomic E-state index is 0.267. The van der Waals surface area contributed by atoms with E-state index < -0.39 is 0 Å². The van der Waals surface area contributed by atoms with Gasteiger partial charge in [0, 0.05) is 29.9 Å². The van der Waals surface area contributed by atoms with Crippen LogP contribution in [0.4, 0.5) is 0 Å². The zero-order chi connectivity index (χ0) is 12.4. The molecule has 1 N–H and O–H groups in total. The first-order valence-corrected chi connectivity index (χ1v) is 6.76. The van der Waals surface area contributed by atoms with E-state index in [-0.39, 0.29) is 6.04 Å². The summed E-state index contributed by atoms with van der Waals surface area (Å²) in [5.74, 6) is 0. The van der Waals surface area contributed by atoms with Gasteiger partial charge in [-0.25, -0.2) is 9.50 Å². The van der Waals surface area contributed by atoms with Crippen LogP contribution in [0.2, 0.25) is 0 Å². The van der Waals surface area contributed by atoms with Crippen LogP contribution in [0.5, 0.6) is 0 Å². The molecule has 18 heavy (non-hydrogen) atoms. The maximum absolute atomic E-state index is 4.32. The Bertz CT molecular complexity index is 629. The zero-order valence-electron chi connectivity index (χ0n) is 10.1. The lowest BCUT2D eigenvalue weighted by Crippen LogP contribution is -2.17. The van der Waals surface area contributed by atoms with E-state index in [4.69, 9.17) is 0 Å². The molecule has 92 valence electrons. The fourth-order valence-electron chi connectivity index (χ4n) is 1.92. The quantitative estimate of drug-likeness (QED) is 0.782. The van der Waals surface area contributed by atoms with E-state index in [9.17, 15) is 0 Å². The Morgan fingerprint density at radius 3 is 3.22 bits per heavy atom. The maximum Gasteiger partial charge on any atom is 0.109 e. The third-order valence-electron chi connectivity index (χ3n) is 2.93. The molecule has 0 saturated heterocycles. The van der Waals surface area contributed by atoms with Gasteiger partial charge in [0.25, 0.3) is 0 Å². The third-order valence-corrected chi connectivity index (χ3v) is 3.89. The van der Waals surface area contributed by atoms with Gasteiger partial charge in [-0.05, 0) is 19.1 Å². The van der Waals surface area contributed by atoms with Crippen molar-refractivity contribution >= 4 is 16.9 Å². The zero-order valence-corrected chi connectivity index (χ0v) is 10.9. The van der Waals surface area contributed by atoms with E-state index in [0.29, 0.717) is 0 Å². The number of rotatable bonds is 4. The molecule has 3 aromatic heterocycles. The maximum atomic E-state index is 4.32. The molecular weight excluding hydrogens is 244 g/mol. The Kier molecular flexibility index (Phi) is 3.08. The van der Waals surface area contributed by atoms with Gasteiger partial charge in [0.1, 0.15) is 5.01 Å². The van der Waals surface area contributed by atoms with Gasteiger partial charge in [0.2, 0.25) is 0 Å². The van der Waals surface area contributed by atoms with E-state index in [2.05, 4.69) is 28.4 Å². The number of fused-ring (bicyclic) bond motifs is 1. The molecule has 5 heteroatoms. The second-order valence-electron chi connectivity index (χ2n) is 4.17. The summed E-state index contributed by atoms with van der Waals surface area (Å²) in [5.41, 5.74) is 2.36. The van der Waals surface area contributed by atoms with Crippen LogP contribution in [0.3, 0.4) is 0 Å².